The number of ether oxygens (including phenoxy) is 1. The van der Waals surface area contributed by atoms with Crippen LogP contribution in [-0.4, -0.2) is 57.1 Å². The van der Waals surface area contributed by atoms with Gasteiger partial charge in [0.05, 0.1) is 24.1 Å². The number of benzene rings is 3. The Hall–Kier alpha value is -3.63. The van der Waals surface area contributed by atoms with E-state index in [-0.39, 0.29) is 54.9 Å². The van der Waals surface area contributed by atoms with Crippen molar-refractivity contribution in [1.82, 2.24) is 10.2 Å². The lowest BCUT2D eigenvalue weighted by Crippen LogP contribution is -2.52. The zero-order chi connectivity index (χ0) is 31.6. The first kappa shape index (κ1) is 33.9. The van der Waals surface area contributed by atoms with Gasteiger partial charge in [0.25, 0.3) is 0 Å². The number of nitrogens with zero attached hydrogens (tertiary/aromatic N) is 2. The van der Waals surface area contributed by atoms with Crippen LogP contribution in [-0.2, 0) is 32.6 Å². The minimum absolute atomic E-state index is 0.0107. The van der Waals surface area contributed by atoms with E-state index in [0.29, 0.717) is 17.9 Å². The fourth-order valence-corrected chi connectivity index (χ4v) is 5.83. The van der Waals surface area contributed by atoms with Gasteiger partial charge in [0.15, 0.2) is 0 Å². The molecule has 3 aromatic carbocycles. The van der Waals surface area contributed by atoms with Crippen molar-refractivity contribution in [3.63, 3.8) is 0 Å². The van der Waals surface area contributed by atoms with Crippen molar-refractivity contribution >= 4 is 39.1 Å². The van der Waals surface area contributed by atoms with Crippen LogP contribution in [0.1, 0.15) is 44.2 Å². The molecule has 1 N–H and O–H groups in total. The smallest absolute Gasteiger partial charge is 0.243 e. The van der Waals surface area contributed by atoms with Gasteiger partial charge in [0, 0.05) is 37.5 Å². The number of hydrogen-bond acceptors (Lipinski definition) is 5. The Morgan fingerprint density at radius 3 is 2.33 bits per heavy atom. The van der Waals surface area contributed by atoms with Gasteiger partial charge in [-0.15, -0.1) is 0 Å². The van der Waals surface area contributed by atoms with E-state index in [1.54, 1.807) is 30.3 Å². The van der Waals surface area contributed by atoms with Crippen molar-refractivity contribution in [2.24, 2.45) is 0 Å². The second kappa shape index (κ2) is 15.7. The summed E-state index contributed by atoms with van der Waals surface area (Å²) >= 11 is 6.24. The quantitative estimate of drug-likeness (QED) is 0.236. The Balaban J connectivity index is 1.90. The molecule has 232 valence electrons. The molecule has 0 aliphatic carbocycles. The molecule has 11 heteroatoms. The Morgan fingerprint density at radius 1 is 1.05 bits per heavy atom. The predicted octanol–water partition coefficient (Wildman–Crippen LogP) is 5.59. The standard InChI is InChI=1S/C32H39ClFN3O5S/c1-5-23(2)35-32(39)29(20-24-12-7-6-8-13-24)36(22-25-14-9-10-15-28(25)34)31(38)16-11-19-37(43(4,40)41)26-17-18-30(42-3)27(33)21-26/h6-10,12-15,17-18,21,23,29H,5,11,16,19-20,22H2,1-4H3,(H,35,39). The molecule has 0 radical (unpaired) electrons. The van der Waals surface area contributed by atoms with E-state index >= 15 is 0 Å². The van der Waals surface area contributed by atoms with Crippen LogP contribution >= 0.6 is 11.6 Å². The number of carbonyl (C=O) groups is 2. The molecule has 0 bridgehead atoms. The van der Waals surface area contributed by atoms with Crippen LogP contribution in [0.4, 0.5) is 10.1 Å². The number of carbonyl (C=O) groups excluding carboxylic acids is 2. The summed E-state index contributed by atoms with van der Waals surface area (Å²) in [5, 5.41) is 3.23. The fraction of sp³-hybridized carbons (Fsp3) is 0.375. The lowest BCUT2D eigenvalue weighted by Gasteiger charge is -2.33. The molecule has 0 fully saturated rings. The molecule has 0 spiro atoms. The Kier molecular flexibility index (Phi) is 12.4. The molecule has 0 heterocycles. The molecule has 3 rings (SSSR count). The topological polar surface area (TPSA) is 96.0 Å². The first-order valence-corrected chi connectivity index (χ1v) is 16.4. The van der Waals surface area contributed by atoms with Gasteiger partial charge in [-0.05, 0) is 49.6 Å². The molecule has 3 aromatic rings. The maximum atomic E-state index is 14.8. The molecule has 0 saturated heterocycles. The van der Waals surface area contributed by atoms with E-state index in [0.717, 1.165) is 11.8 Å². The molecule has 8 nitrogen and oxygen atoms in total. The van der Waals surface area contributed by atoms with E-state index in [4.69, 9.17) is 16.3 Å². The van der Waals surface area contributed by atoms with Gasteiger partial charge in [0.1, 0.15) is 17.6 Å². The first-order valence-electron chi connectivity index (χ1n) is 14.1. The number of hydrogen-bond donors (Lipinski definition) is 1. The highest BCUT2D eigenvalue weighted by Crippen LogP contribution is 2.30. The van der Waals surface area contributed by atoms with E-state index in [1.165, 1.54) is 28.4 Å². The molecular formula is C32H39ClFN3O5S. The summed E-state index contributed by atoms with van der Waals surface area (Å²) in [5.41, 5.74) is 1.45. The van der Waals surface area contributed by atoms with Crippen LogP contribution in [0.2, 0.25) is 5.02 Å². The second-order valence-corrected chi connectivity index (χ2v) is 12.7. The van der Waals surface area contributed by atoms with Gasteiger partial charge >= 0.3 is 0 Å². The van der Waals surface area contributed by atoms with E-state index < -0.39 is 27.8 Å². The van der Waals surface area contributed by atoms with E-state index in [9.17, 15) is 22.4 Å². The van der Waals surface area contributed by atoms with Crippen LogP contribution in [0, 0.1) is 5.82 Å². The summed E-state index contributed by atoms with van der Waals surface area (Å²) in [6.45, 7) is 3.69. The summed E-state index contributed by atoms with van der Waals surface area (Å²) in [5.74, 6) is -0.822. The third-order valence-corrected chi connectivity index (χ3v) is 8.64. The highest BCUT2D eigenvalue weighted by atomic mass is 35.5. The van der Waals surface area contributed by atoms with Crippen LogP contribution in [0.25, 0.3) is 0 Å². The maximum Gasteiger partial charge on any atom is 0.243 e. The fourth-order valence-electron chi connectivity index (χ4n) is 4.62. The summed E-state index contributed by atoms with van der Waals surface area (Å²) in [6, 6.07) is 19.0. The van der Waals surface area contributed by atoms with Gasteiger partial charge in [-0.3, -0.25) is 13.9 Å². The van der Waals surface area contributed by atoms with Crippen molar-refractivity contribution in [2.75, 3.05) is 24.2 Å². The highest BCUT2D eigenvalue weighted by Gasteiger charge is 2.31. The van der Waals surface area contributed by atoms with E-state index in [1.807, 2.05) is 44.2 Å². The lowest BCUT2D eigenvalue weighted by molar-refractivity contribution is -0.141. The van der Waals surface area contributed by atoms with Crippen molar-refractivity contribution < 1.29 is 27.1 Å². The zero-order valence-electron chi connectivity index (χ0n) is 24.9. The summed E-state index contributed by atoms with van der Waals surface area (Å²) in [4.78, 5) is 28.9. The molecular weight excluding hydrogens is 593 g/mol. The van der Waals surface area contributed by atoms with Crippen LogP contribution in [0.5, 0.6) is 5.75 Å². The Labute approximate surface area is 258 Å². The van der Waals surface area contributed by atoms with Crippen LogP contribution in [0.15, 0.2) is 72.8 Å². The largest absolute Gasteiger partial charge is 0.495 e. The molecule has 43 heavy (non-hydrogen) atoms. The number of methoxy groups -OCH3 is 1. The number of anilines is 1. The molecule has 0 aromatic heterocycles. The second-order valence-electron chi connectivity index (χ2n) is 10.4. The van der Waals surface area contributed by atoms with Crippen molar-refractivity contribution in [1.29, 1.82) is 0 Å². The maximum absolute atomic E-state index is 14.8. The average Bonchev–Trinajstić information content (AvgIpc) is 2.97. The molecule has 2 atom stereocenters. The first-order chi connectivity index (χ1) is 20.4. The SMILES string of the molecule is CCC(C)NC(=O)C(Cc1ccccc1)N(Cc1ccccc1F)C(=O)CCCN(c1ccc(OC)c(Cl)c1)S(C)(=O)=O. The van der Waals surface area contributed by atoms with Crippen molar-refractivity contribution in [2.45, 2.75) is 58.2 Å². The highest BCUT2D eigenvalue weighted by molar-refractivity contribution is 7.92. The minimum Gasteiger partial charge on any atom is -0.495 e. The normalized spacial score (nSPS) is 12.7. The number of nitrogens with one attached hydrogen (secondary N) is 1. The Morgan fingerprint density at radius 2 is 1.72 bits per heavy atom. The van der Waals surface area contributed by atoms with Crippen molar-refractivity contribution in [3.8, 4) is 5.75 Å². The zero-order valence-corrected chi connectivity index (χ0v) is 26.5. The van der Waals surface area contributed by atoms with Crippen LogP contribution in [0.3, 0.4) is 0 Å². The summed E-state index contributed by atoms with van der Waals surface area (Å²) in [6.07, 6.45) is 2.07. The third kappa shape index (κ3) is 9.69. The van der Waals surface area contributed by atoms with Crippen molar-refractivity contribution in [3.05, 3.63) is 94.8 Å². The van der Waals surface area contributed by atoms with E-state index in [2.05, 4.69) is 5.32 Å². The molecule has 0 aliphatic rings. The Bertz CT molecular complexity index is 1490. The molecule has 2 amide bonds. The van der Waals surface area contributed by atoms with Crippen LogP contribution < -0.4 is 14.4 Å². The monoisotopic (exact) mass is 631 g/mol. The van der Waals surface area contributed by atoms with Gasteiger partial charge < -0.3 is 15.0 Å². The molecule has 0 aliphatic heterocycles. The summed E-state index contributed by atoms with van der Waals surface area (Å²) < 4.78 is 46.5. The molecule has 2 unspecified atom stereocenters. The average molecular weight is 632 g/mol. The number of halogens is 2. The number of amides is 2. The third-order valence-electron chi connectivity index (χ3n) is 7.15. The molecule has 0 saturated carbocycles. The van der Waals surface area contributed by atoms with Gasteiger partial charge in [-0.1, -0.05) is 67.1 Å². The predicted molar refractivity (Wildman–Crippen MR) is 168 cm³/mol. The minimum atomic E-state index is -3.72. The van der Waals surface area contributed by atoms with Gasteiger partial charge in [0.2, 0.25) is 21.8 Å². The lowest BCUT2D eigenvalue weighted by atomic mass is 10.0. The van der Waals surface area contributed by atoms with Gasteiger partial charge in [-0.25, -0.2) is 12.8 Å². The van der Waals surface area contributed by atoms with Gasteiger partial charge in [-0.2, -0.15) is 0 Å². The summed E-state index contributed by atoms with van der Waals surface area (Å²) in [7, 11) is -2.26. The number of rotatable bonds is 15. The number of sulfonamides is 1.